The molecule has 5 heteroatoms. The van der Waals surface area contributed by atoms with Gasteiger partial charge in [-0.2, -0.15) is 0 Å². The molecule has 1 saturated heterocycles. The molecule has 31 heavy (non-hydrogen) atoms. The lowest BCUT2D eigenvalue weighted by Crippen LogP contribution is -2.74. The van der Waals surface area contributed by atoms with Crippen molar-refractivity contribution in [2.75, 3.05) is 27.8 Å². The van der Waals surface area contributed by atoms with Crippen LogP contribution in [0.4, 0.5) is 0 Å². The molecule has 0 radical (unpaired) electrons. The number of methoxy groups -OCH3 is 2. The highest BCUT2D eigenvalue weighted by Gasteiger charge is 2.73. The molecule has 1 aromatic rings. The Morgan fingerprint density at radius 3 is 2.71 bits per heavy atom. The van der Waals surface area contributed by atoms with Gasteiger partial charge < -0.3 is 24.2 Å². The van der Waals surface area contributed by atoms with E-state index in [9.17, 15) is 5.11 Å². The molecule has 2 aliphatic carbocycles. The van der Waals surface area contributed by atoms with Crippen LogP contribution in [0.1, 0.15) is 64.0 Å². The summed E-state index contributed by atoms with van der Waals surface area (Å²) in [6.45, 7) is 7.45. The maximum absolute atomic E-state index is 11.8. The fourth-order valence-electron chi connectivity index (χ4n) is 8.26. The van der Waals surface area contributed by atoms with E-state index in [-0.39, 0.29) is 17.4 Å². The topological polar surface area (TPSA) is 51.2 Å². The van der Waals surface area contributed by atoms with Crippen molar-refractivity contribution in [2.24, 2.45) is 11.8 Å². The first-order chi connectivity index (χ1) is 14.8. The van der Waals surface area contributed by atoms with Gasteiger partial charge in [-0.1, -0.05) is 26.3 Å². The fourth-order valence-corrected chi connectivity index (χ4v) is 8.26. The molecule has 0 amide bonds. The normalized spacial score (nSPS) is 40.1. The van der Waals surface area contributed by atoms with Crippen molar-refractivity contribution in [1.29, 1.82) is 0 Å². The van der Waals surface area contributed by atoms with Gasteiger partial charge in [-0.05, 0) is 70.2 Å². The van der Waals surface area contributed by atoms with Gasteiger partial charge in [0.05, 0.1) is 12.7 Å². The van der Waals surface area contributed by atoms with E-state index in [1.807, 2.05) is 14.0 Å². The van der Waals surface area contributed by atoms with Gasteiger partial charge in [-0.3, -0.25) is 0 Å². The summed E-state index contributed by atoms with van der Waals surface area (Å²) < 4.78 is 19.2. The lowest BCUT2D eigenvalue weighted by atomic mass is 9.45. The van der Waals surface area contributed by atoms with Gasteiger partial charge in [-0.15, -0.1) is 0 Å². The summed E-state index contributed by atoms with van der Waals surface area (Å²) >= 11 is 0. The van der Waals surface area contributed by atoms with Crippen LogP contribution in [0.25, 0.3) is 0 Å². The third-order valence-corrected chi connectivity index (χ3v) is 9.56. The highest BCUT2D eigenvalue weighted by Crippen LogP contribution is 2.68. The molecule has 5 rings (SSSR count). The van der Waals surface area contributed by atoms with Gasteiger partial charge in [0.1, 0.15) is 11.7 Å². The molecule has 1 N–H and O–H groups in total. The Balaban J connectivity index is 1.76. The van der Waals surface area contributed by atoms with E-state index in [2.05, 4.69) is 37.9 Å². The van der Waals surface area contributed by atoms with Crippen LogP contribution >= 0.6 is 0 Å². The van der Waals surface area contributed by atoms with Gasteiger partial charge in [0.15, 0.2) is 11.5 Å². The number of nitrogens with zero attached hydrogens (tertiary/aromatic N) is 1. The van der Waals surface area contributed by atoms with Gasteiger partial charge in [0.25, 0.3) is 0 Å². The Labute approximate surface area is 187 Å². The van der Waals surface area contributed by atoms with E-state index >= 15 is 0 Å². The average molecular weight is 430 g/mol. The van der Waals surface area contributed by atoms with Gasteiger partial charge in [-0.25, -0.2) is 0 Å². The number of likely N-dealkylation sites (N-methyl/N-ethyl adjacent to an activating group) is 1. The first-order valence-corrected chi connectivity index (χ1v) is 12.2. The molecule has 172 valence electrons. The van der Waals surface area contributed by atoms with E-state index in [1.165, 1.54) is 11.1 Å². The number of ether oxygens (including phenoxy) is 3. The van der Waals surface area contributed by atoms with Crippen LogP contribution in [-0.4, -0.2) is 61.2 Å². The second kappa shape index (κ2) is 7.10. The van der Waals surface area contributed by atoms with Crippen LogP contribution in [0.5, 0.6) is 11.5 Å². The molecular weight excluding hydrogens is 390 g/mol. The number of piperidine rings is 1. The highest BCUT2D eigenvalue weighted by atomic mass is 16.6. The molecule has 5 nitrogen and oxygen atoms in total. The van der Waals surface area contributed by atoms with Gasteiger partial charge >= 0.3 is 0 Å². The smallest absolute Gasteiger partial charge is 0.165 e. The second-order valence-electron chi connectivity index (χ2n) is 10.7. The second-order valence-corrected chi connectivity index (χ2v) is 10.7. The predicted molar refractivity (Wildman–Crippen MR) is 121 cm³/mol. The first-order valence-electron chi connectivity index (χ1n) is 12.2. The zero-order valence-electron chi connectivity index (χ0n) is 20.0. The van der Waals surface area contributed by atoms with Crippen molar-refractivity contribution in [3.05, 3.63) is 23.3 Å². The molecular formula is C26H39NO4. The maximum Gasteiger partial charge on any atom is 0.165 e. The zero-order valence-corrected chi connectivity index (χ0v) is 20.0. The maximum atomic E-state index is 11.8. The van der Waals surface area contributed by atoms with Crippen molar-refractivity contribution in [3.8, 4) is 11.5 Å². The van der Waals surface area contributed by atoms with Crippen LogP contribution in [0.15, 0.2) is 12.1 Å². The van der Waals surface area contributed by atoms with Crippen molar-refractivity contribution < 1.29 is 19.3 Å². The lowest BCUT2D eigenvalue weighted by Gasteiger charge is -2.65. The number of benzene rings is 1. The number of hydrogen-bond acceptors (Lipinski definition) is 5. The van der Waals surface area contributed by atoms with Crippen LogP contribution in [0.3, 0.4) is 0 Å². The van der Waals surface area contributed by atoms with Crippen LogP contribution < -0.4 is 9.47 Å². The summed E-state index contributed by atoms with van der Waals surface area (Å²) in [6.07, 6.45) is 5.52. The number of rotatable bonds is 6. The van der Waals surface area contributed by atoms with E-state index in [0.717, 1.165) is 56.6 Å². The van der Waals surface area contributed by atoms with E-state index in [1.54, 1.807) is 7.11 Å². The summed E-state index contributed by atoms with van der Waals surface area (Å²) in [5, 5.41) is 11.8. The average Bonchev–Trinajstić information content (AvgIpc) is 3.11. The van der Waals surface area contributed by atoms with Crippen LogP contribution in [0.2, 0.25) is 0 Å². The Hall–Kier alpha value is -1.30. The summed E-state index contributed by atoms with van der Waals surface area (Å²) in [4.78, 5) is 2.55. The zero-order chi connectivity index (χ0) is 22.2. The van der Waals surface area contributed by atoms with Gasteiger partial charge in [0, 0.05) is 30.0 Å². The SMILES string of the molecule is CCC[C@](C)(O)C1CC2[C@H]3Cc4ccc(OC)c5c4C2(CCN3C)[C@@H](O5)[C@]1(CC)OC. The molecule has 1 aromatic carbocycles. The Kier molecular flexibility index (Phi) is 4.93. The molecule has 0 aromatic heterocycles. The van der Waals surface area contributed by atoms with Crippen molar-refractivity contribution in [3.63, 3.8) is 0 Å². The standard InChI is InChI=1S/C26H39NO4/c1-7-11-24(3,28)20-15-17-18-14-16-9-10-19(29-5)22-21(16)25(17,12-13-27(18)4)23(31-22)26(20,8-2)30-6/h9-10,17-18,20,23,28H,7-8,11-15H2,1-6H3/t17?,18-,20?,23-,24+,25?,26-/m1/s1. The summed E-state index contributed by atoms with van der Waals surface area (Å²) in [7, 11) is 5.83. The molecule has 3 unspecified atom stereocenters. The van der Waals surface area contributed by atoms with Crippen LogP contribution in [0, 0.1) is 11.8 Å². The Morgan fingerprint density at radius 2 is 2.06 bits per heavy atom. The van der Waals surface area contributed by atoms with Crippen LogP contribution in [-0.2, 0) is 16.6 Å². The minimum absolute atomic E-state index is 0.0222. The minimum Gasteiger partial charge on any atom is -0.493 e. The molecule has 2 bridgehead atoms. The van der Waals surface area contributed by atoms with Gasteiger partial charge in [0.2, 0.25) is 0 Å². The van der Waals surface area contributed by atoms with E-state index in [4.69, 9.17) is 14.2 Å². The Bertz CT molecular complexity index is 863. The van der Waals surface area contributed by atoms with Crippen molar-refractivity contribution in [2.45, 2.75) is 88.1 Å². The summed E-state index contributed by atoms with van der Waals surface area (Å²) in [5.74, 6) is 2.23. The number of likely N-dealkylation sites (tertiary alicyclic amines) is 1. The molecule has 2 fully saturated rings. The predicted octanol–water partition coefficient (Wildman–Crippen LogP) is 3.94. The quantitative estimate of drug-likeness (QED) is 0.742. The van der Waals surface area contributed by atoms with Crippen molar-refractivity contribution in [1.82, 2.24) is 4.90 Å². The fraction of sp³-hybridized carbons (Fsp3) is 0.769. The summed E-state index contributed by atoms with van der Waals surface area (Å²) in [6, 6.07) is 4.80. The lowest BCUT2D eigenvalue weighted by molar-refractivity contribution is -0.241. The molecule has 2 aliphatic heterocycles. The third kappa shape index (κ3) is 2.54. The molecule has 7 atom stereocenters. The Morgan fingerprint density at radius 1 is 1.29 bits per heavy atom. The largest absolute Gasteiger partial charge is 0.493 e. The van der Waals surface area contributed by atoms with E-state index < -0.39 is 11.2 Å². The number of aliphatic hydroxyl groups is 1. The highest BCUT2D eigenvalue weighted by molar-refractivity contribution is 5.61. The van der Waals surface area contributed by atoms with Crippen molar-refractivity contribution >= 4 is 0 Å². The van der Waals surface area contributed by atoms with E-state index in [0.29, 0.717) is 12.0 Å². The number of hydrogen-bond donors (Lipinski definition) is 1. The molecule has 2 heterocycles. The first kappa shape index (κ1) is 21.5. The minimum atomic E-state index is -0.794. The molecule has 4 aliphatic rings. The molecule has 1 saturated carbocycles. The molecule has 1 spiro atoms. The summed E-state index contributed by atoms with van der Waals surface area (Å²) in [5.41, 5.74) is 1.39. The monoisotopic (exact) mass is 429 g/mol. The third-order valence-electron chi connectivity index (χ3n) is 9.56.